The highest BCUT2D eigenvalue weighted by Gasteiger charge is 2.38. The summed E-state index contributed by atoms with van der Waals surface area (Å²) in [6.45, 7) is 2.66. The van der Waals surface area contributed by atoms with Gasteiger partial charge in [-0.25, -0.2) is 19.0 Å². The van der Waals surface area contributed by atoms with Crippen LogP contribution >= 0.6 is 22.9 Å². The van der Waals surface area contributed by atoms with E-state index in [0.717, 1.165) is 6.07 Å². The summed E-state index contributed by atoms with van der Waals surface area (Å²) in [6.07, 6.45) is 1.64. The number of hydrogen-bond donors (Lipinski definition) is 3. The van der Waals surface area contributed by atoms with Crippen molar-refractivity contribution < 1.29 is 19.1 Å². The standard InChI is InChI=1S/C21H20ClFN6O3S/c22-14-7-11(23)1-2-13(14)17-16(20(30)31)15(26-18(27-17)19-24-3-6-33-19)10-28-4-5-29-12(9-28)8-25-21(29)32/h1-3,6-7,12,17H,4-5,8-10H2,(H,25,32)(H,26,27)(H,30,31)/t12-,17-/m0/s1. The Morgan fingerprint density at radius 1 is 1.36 bits per heavy atom. The Labute approximate surface area is 197 Å². The number of urea groups is 1. The molecule has 3 aliphatic heterocycles. The number of benzene rings is 1. The minimum atomic E-state index is -1.14. The number of amides is 2. The molecule has 2 atom stereocenters. The lowest BCUT2D eigenvalue weighted by atomic mass is 9.95. The number of nitrogens with one attached hydrogen (secondary N) is 2. The number of fused-ring (bicyclic) bond motifs is 1. The summed E-state index contributed by atoms with van der Waals surface area (Å²) in [5.41, 5.74) is 0.921. The molecule has 0 saturated carbocycles. The first-order valence-corrected chi connectivity index (χ1v) is 11.6. The molecule has 5 rings (SSSR count). The second-order valence-electron chi connectivity index (χ2n) is 7.97. The van der Waals surface area contributed by atoms with Gasteiger partial charge in [0.25, 0.3) is 0 Å². The second-order valence-corrected chi connectivity index (χ2v) is 9.28. The molecule has 2 amide bonds. The van der Waals surface area contributed by atoms with Gasteiger partial charge in [-0.2, -0.15) is 0 Å². The number of rotatable bonds is 5. The van der Waals surface area contributed by atoms with E-state index in [1.165, 1.54) is 23.5 Å². The lowest BCUT2D eigenvalue weighted by molar-refractivity contribution is -0.133. The van der Waals surface area contributed by atoms with Crippen LogP contribution in [0, 0.1) is 5.82 Å². The molecule has 3 aliphatic rings. The third-order valence-electron chi connectivity index (χ3n) is 5.95. The number of aliphatic carboxylic acids is 1. The van der Waals surface area contributed by atoms with E-state index in [1.807, 2.05) is 0 Å². The minimum absolute atomic E-state index is 0.0400. The first-order chi connectivity index (χ1) is 15.9. The van der Waals surface area contributed by atoms with Crippen molar-refractivity contribution in [1.29, 1.82) is 0 Å². The van der Waals surface area contributed by atoms with Gasteiger partial charge in [-0.05, 0) is 12.1 Å². The number of hydrogen-bond acceptors (Lipinski definition) is 7. The van der Waals surface area contributed by atoms with Crippen molar-refractivity contribution in [2.75, 3.05) is 32.7 Å². The average molecular weight is 491 g/mol. The highest BCUT2D eigenvalue weighted by molar-refractivity contribution is 7.11. The van der Waals surface area contributed by atoms with E-state index < -0.39 is 17.8 Å². The second kappa shape index (κ2) is 8.73. The molecule has 0 spiro atoms. The molecule has 1 aromatic carbocycles. The van der Waals surface area contributed by atoms with Gasteiger partial charge in [-0.1, -0.05) is 17.7 Å². The van der Waals surface area contributed by atoms with Gasteiger partial charge >= 0.3 is 12.0 Å². The number of aliphatic imine (C=N–C) groups is 1. The van der Waals surface area contributed by atoms with Gasteiger partial charge in [0.2, 0.25) is 0 Å². The van der Waals surface area contributed by atoms with Crippen LogP contribution in [-0.4, -0.2) is 76.5 Å². The van der Waals surface area contributed by atoms with Gasteiger partial charge in [-0.15, -0.1) is 11.3 Å². The van der Waals surface area contributed by atoms with E-state index in [4.69, 9.17) is 11.6 Å². The average Bonchev–Trinajstić information content (AvgIpc) is 3.43. The number of carbonyl (C=O) groups excluding carboxylic acids is 1. The zero-order valence-corrected chi connectivity index (χ0v) is 18.9. The number of piperazine rings is 1. The van der Waals surface area contributed by atoms with Crippen molar-refractivity contribution in [1.82, 2.24) is 25.4 Å². The lowest BCUT2D eigenvalue weighted by Gasteiger charge is -2.38. The monoisotopic (exact) mass is 490 g/mol. The number of amidine groups is 1. The Balaban J connectivity index is 1.52. The maximum absolute atomic E-state index is 13.7. The zero-order valence-electron chi connectivity index (χ0n) is 17.3. The normalized spacial score (nSPS) is 23.2. The third kappa shape index (κ3) is 4.19. The molecular weight excluding hydrogens is 471 g/mol. The zero-order chi connectivity index (χ0) is 23.1. The molecule has 2 fully saturated rings. The molecule has 0 bridgehead atoms. The summed E-state index contributed by atoms with van der Waals surface area (Å²) in [5.74, 6) is -1.21. The van der Waals surface area contributed by atoms with Crippen LogP contribution in [0.5, 0.6) is 0 Å². The fourth-order valence-corrected chi connectivity index (χ4v) is 5.26. The summed E-state index contributed by atoms with van der Waals surface area (Å²) in [7, 11) is 0. The molecule has 0 unspecified atom stereocenters. The number of carboxylic acid groups (broad SMARTS) is 1. The molecule has 2 aromatic rings. The first kappa shape index (κ1) is 21.8. The number of carbonyl (C=O) groups is 2. The molecule has 12 heteroatoms. The number of aromatic nitrogens is 1. The Morgan fingerprint density at radius 3 is 2.94 bits per heavy atom. The Hall–Kier alpha value is -3.02. The van der Waals surface area contributed by atoms with Crippen LogP contribution in [0.2, 0.25) is 5.02 Å². The SMILES string of the molecule is O=C(O)C1=C(CN2CCN3C(=O)NC[C@H]3C2)NC(c2nccs2)=N[C@H]1c1ccc(F)cc1Cl. The highest BCUT2D eigenvalue weighted by Crippen LogP contribution is 2.36. The summed E-state index contributed by atoms with van der Waals surface area (Å²) < 4.78 is 13.7. The maximum atomic E-state index is 13.7. The van der Waals surface area contributed by atoms with Crippen LogP contribution in [0.25, 0.3) is 0 Å². The van der Waals surface area contributed by atoms with Crippen molar-refractivity contribution in [2.45, 2.75) is 12.1 Å². The largest absolute Gasteiger partial charge is 0.478 e. The predicted octanol–water partition coefficient (Wildman–Crippen LogP) is 2.07. The van der Waals surface area contributed by atoms with Gasteiger partial charge in [0.05, 0.1) is 11.6 Å². The van der Waals surface area contributed by atoms with Crippen LogP contribution in [-0.2, 0) is 4.79 Å². The fourth-order valence-electron chi connectivity index (χ4n) is 4.40. The third-order valence-corrected chi connectivity index (χ3v) is 7.05. The highest BCUT2D eigenvalue weighted by atomic mass is 35.5. The number of carboxylic acids is 1. The first-order valence-electron chi connectivity index (χ1n) is 10.3. The molecule has 0 radical (unpaired) electrons. The lowest BCUT2D eigenvalue weighted by Crippen LogP contribution is -2.53. The summed E-state index contributed by atoms with van der Waals surface area (Å²) in [6, 6.07) is 2.90. The number of nitrogens with zero attached hydrogens (tertiary/aromatic N) is 4. The maximum Gasteiger partial charge on any atom is 0.335 e. The van der Waals surface area contributed by atoms with Crippen LogP contribution in [0.1, 0.15) is 16.6 Å². The van der Waals surface area contributed by atoms with E-state index in [-0.39, 0.29) is 22.7 Å². The molecule has 2 saturated heterocycles. The summed E-state index contributed by atoms with van der Waals surface area (Å²) in [5, 5.41) is 18.7. The predicted molar refractivity (Wildman–Crippen MR) is 121 cm³/mol. The topological polar surface area (TPSA) is 110 Å². The van der Waals surface area contributed by atoms with Crippen LogP contribution in [0.4, 0.5) is 9.18 Å². The van der Waals surface area contributed by atoms with Crippen molar-refractivity contribution in [3.05, 3.63) is 62.5 Å². The molecule has 33 heavy (non-hydrogen) atoms. The number of thiazole rings is 1. The van der Waals surface area contributed by atoms with E-state index in [9.17, 15) is 19.1 Å². The Kier molecular flexibility index (Phi) is 5.77. The quantitative estimate of drug-likeness (QED) is 0.592. The Morgan fingerprint density at radius 2 is 2.21 bits per heavy atom. The molecule has 9 nitrogen and oxygen atoms in total. The van der Waals surface area contributed by atoms with Crippen molar-refractivity contribution in [3.63, 3.8) is 0 Å². The smallest absolute Gasteiger partial charge is 0.335 e. The summed E-state index contributed by atoms with van der Waals surface area (Å²) in [4.78, 5) is 37.2. The minimum Gasteiger partial charge on any atom is -0.478 e. The Bertz CT molecular complexity index is 1170. The molecule has 4 heterocycles. The van der Waals surface area contributed by atoms with Gasteiger partial charge in [0.1, 0.15) is 11.9 Å². The van der Waals surface area contributed by atoms with Gasteiger partial charge in [-0.3, -0.25) is 9.89 Å². The van der Waals surface area contributed by atoms with E-state index >= 15 is 0 Å². The molecule has 3 N–H and O–H groups in total. The van der Waals surface area contributed by atoms with Gasteiger partial charge in [0, 0.05) is 60.6 Å². The molecule has 172 valence electrons. The molecule has 0 aliphatic carbocycles. The van der Waals surface area contributed by atoms with E-state index in [1.54, 1.807) is 16.5 Å². The van der Waals surface area contributed by atoms with E-state index in [0.29, 0.717) is 54.8 Å². The summed E-state index contributed by atoms with van der Waals surface area (Å²) >= 11 is 7.68. The number of halogens is 2. The van der Waals surface area contributed by atoms with Crippen LogP contribution < -0.4 is 10.6 Å². The van der Waals surface area contributed by atoms with Crippen LogP contribution in [0.3, 0.4) is 0 Å². The molecular formula is C21H20ClFN6O3S. The van der Waals surface area contributed by atoms with E-state index in [2.05, 4.69) is 25.5 Å². The van der Waals surface area contributed by atoms with Gasteiger partial charge < -0.3 is 20.6 Å². The van der Waals surface area contributed by atoms with Crippen molar-refractivity contribution in [2.24, 2.45) is 4.99 Å². The fraction of sp³-hybridized carbons (Fsp3) is 0.333. The van der Waals surface area contributed by atoms with Gasteiger partial charge in [0.15, 0.2) is 10.8 Å². The molecule has 1 aromatic heterocycles. The van der Waals surface area contributed by atoms with Crippen molar-refractivity contribution in [3.8, 4) is 0 Å². The van der Waals surface area contributed by atoms with Crippen LogP contribution in [0.15, 0.2) is 46.0 Å². The van der Waals surface area contributed by atoms with Crippen molar-refractivity contribution >= 4 is 40.8 Å².